The summed E-state index contributed by atoms with van der Waals surface area (Å²) in [4.78, 5) is 15.9. The molecule has 9 heteroatoms. The molecule has 1 aromatic heterocycles. The lowest BCUT2D eigenvalue weighted by atomic mass is 10.0. The SMILES string of the molecule is CCCSc1n[n+]2c(c(=O)[nH]1)-c1ccccc1N[C@@H]2c1cc(Br)c(O)c(OC)c1. The summed E-state index contributed by atoms with van der Waals surface area (Å²) in [6.07, 6.45) is 0.525. The minimum Gasteiger partial charge on any atom is -0.503 e. The number of aromatic hydroxyl groups is 1. The van der Waals surface area contributed by atoms with Crippen LogP contribution in [-0.4, -0.2) is 28.1 Å². The van der Waals surface area contributed by atoms with Crippen molar-refractivity contribution >= 4 is 33.4 Å². The van der Waals surface area contributed by atoms with Gasteiger partial charge >= 0.3 is 11.3 Å². The van der Waals surface area contributed by atoms with E-state index in [9.17, 15) is 9.90 Å². The summed E-state index contributed by atoms with van der Waals surface area (Å²) in [6, 6.07) is 11.2. The first-order valence-electron chi connectivity index (χ1n) is 9.14. The van der Waals surface area contributed by atoms with Crippen molar-refractivity contribution < 1.29 is 14.5 Å². The number of hydrogen-bond acceptors (Lipinski definition) is 6. The number of hydrogen-bond donors (Lipinski definition) is 3. The van der Waals surface area contributed by atoms with Crippen molar-refractivity contribution in [1.29, 1.82) is 0 Å². The van der Waals surface area contributed by atoms with E-state index in [4.69, 9.17) is 9.84 Å². The fourth-order valence-electron chi connectivity index (χ4n) is 3.29. The topological polar surface area (TPSA) is 91.1 Å². The Morgan fingerprint density at radius 2 is 2.14 bits per heavy atom. The molecule has 0 radical (unpaired) electrons. The van der Waals surface area contributed by atoms with E-state index in [1.165, 1.54) is 18.9 Å². The van der Waals surface area contributed by atoms with Crippen molar-refractivity contribution in [3.05, 3.63) is 56.8 Å². The number of phenolic OH excluding ortho intramolecular Hbond substituents is 1. The fourth-order valence-corrected chi connectivity index (χ4v) is 4.45. The number of H-pyrrole nitrogens is 1. The minimum absolute atomic E-state index is 0.0238. The van der Waals surface area contributed by atoms with Crippen LogP contribution in [0.25, 0.3) is 11.3 Å². The van der Waals surface area contributed by atoms with E-state index in [0.29, 0.717) is 21.1 Å². The molecule has 0 fully saturated rings. The van der Waals surface area contributed by atoms with Crippen LogP contribution in [0.3, 0.4) is 0 Å². The lowest BCUT2D eigenvalue weighted by Crippen LogP contribution is -2.55. The van der Waals surface area contributed by atoms with Crippen LogP contribution in [0.2, 0.25) is 0 Å². The number of benzene rings is 2. The number of halogens is 1. The molecule has 7 nitrogen and oxygen atoms in total. The highest BCUT2D eigenvalue weighted by Crippen LogP contribution is 2.39. The molecule has 1 atom stereocenters. The normalized spacial score (nSPS) is 14.7. The van der Waals surface area contributed by atoms with Crippen molar-refractivity contribution in [3.8, 4) is 22.8 Å². The second-order valence-electron chi connectivity index (χ2n) is 6.55. The van der Waals surface area contributed by atoms with Gasteiger partial charge in [0.2, 0.25) is 5.16 Å². The van der Waals surface area contributed by atoms with Crippen LogP contribution >= 0.6 is 27.7 Å². The summed E-state index contributed by atoms with van der Waals surface area (Å²) in [5, 5.41) is 18.9. The van der Waals surface area contributed by atoms with Gasteiger partial charge in [0.05, 0.1) is 22.8 Å². The molecule has 0 spiro atoms. The predicted octanol–water partition coefficient (Wildman–Crippen LogP) is 3.68. The number of thioether (sulfide) groups is 1. The summed E-state index contributed by atoms with van der Waals surface area (Å²) in [7, 11) is 1.50. The molecule has 0 saturated heterocycles. The molecule has 1 aliphatic heterocycles. The highest BCUT2D eigenvalue weighted by molar-refractivity contribution is 9.10. The van der Waals surface area contributed by atoms with Crippen LogP contribution in [-0.2, 0) is 0 Å². The average Bonchev–Trinajstić information content (AvgIpc) is 2.73. The van der Waals surface area contributed by atoms with E-state index in [-0.39, 0.29) is 11.3 Å². The van der Waals surface area contributed by atoms with Crippen molar-refractivity contribution in [2.24, 2.45) is 0 Å². The Morgan fingerprint density at radius 1 is 1.34 bits per heavy atom. The Bertz CT molecular complexity index is 1140. The molecule has 150 valence electrons. The summed E-state index contributed by atoms with van der Waals surface area (Å²) in [6.45, 7) is 2.08. The molecule has 4 rings (SSSR count). The van der Waals surface area contributed by atoms with E-state index >= 15 is 0 Å². The molecule has 0 amide bonds. The third-order valence-corrected chi connectivity index (χ3v) is 6.29. The van der Waals surface area contributed by atoms with Crippen molar-refractivity contribution in [3.63, 3.8) is 0 Å². The Kier molecular flexibility index (Phi) is 5.51. The van der Waals surface area contributed by atoms with Crippen LogP contribution < -0.4 is 20.3 Å². The molecule has 2 heterocycles. The highest BCUT2D eigenvalue weighted by atomic mass is 79.9. The number of fused-ring (bicyclic) bond motifs is 3. The van der Waals surface area contributed by atoms with Gasteiger partial charge in [-0.05, 0) is 51.3 Å². The highest BCUT2D eigenvalue weighted by Gasteiger charge is 2.38. The molecular weight excluding hydrogens is 456 g/mol. The number of phenols is 1. The van der Waals surface area contributed by atoms with Gasteiger partial charge in [0.1, 0.15) is 0 Å². The van der Waals surface area contributed by atoms with Gasteiger partial charge in [0, 0.05) is 16.4 Å². The van der Waals surface area contributed by atoms with Gasteiger partial charge in [-0.3, -0.25) is 9.78 Å². The zero-order chi connectivity index (χ0) is 20.5. The van der Waals surface area contributed by atoms with Crippen molar-refractivity contribution in [1.82, 2.24) is 10.1 Å². The molecule has 0 saturated carbocycles. The summed E-state index contributed by atoms with van der Waals surface area (Å²) in [5.74, 6) is 1.22. The third-order valence-electron chi connectivity index (χ3n) is 4.61. The average molecular weight is 476 g/mol. The standard InChI is InChI=1S/C20H19BrN4O3S/c1-3-8-29-20-23-19(27)16-12-6-4-5-7-14(12)22-18(25(16)24-20)11-9-13(21)17(26)15(10-11)28-2/h4-7,9-10,18H,3,8H2,1-2H3,(H2,23,24,26,27)/p+1/t18-/m0/s1. The molecule has 29 heavy (non-hydrogen) atoms. The van der Waals surface area contributed by atoms with Gasteiger partial charge in [0.25, 0.3) is 6.17 Å². The maximum atomic E-state index is 13.0. The summed E-state index contributed by atoms with van der Waals surface area (Å²) >= 11 is 4.89. The zero-order valence-corrected chi connectivity index (χ0v) is 18.3. The van der Waals surface area contributed by atoms with Crippen LogP contribution in [0.4, 0.5) is 5.69 Å². The number of aromatic amines is 1. The number of nitrogens with one attached hydrogen (secondary N) is 2. The first kappa shape index (κ1) is 19.8. The fraction of sp³-hybridized carbons (Fsp3) is 0.250. The van der Waals surface area contributed by atoms with E-state index < -0.39 is 6.17 Å². The molecule has 1 aliphatic rings. The Balaban J connectivity index is 1.93. The largest absolute Gasteiger partial charge is 0.503 e. The number of anilines is 1. The van der Waals surface area contributed by atoms with Crippen molar-refractivity contribution in [2.75, 3.05) is 18.2 Å². The number of rotatable bonds is 5. The quantitative estimate of drug-likeness (QED) is 0.385. The van der Waals surface area contributed by atoms with Gasteiger partial charge in [-0.25, -0.2) is 0 Å². The molecule has 0 aliphatic carbocycles. The molecule has 0 bridgehead atoms. The molecule has 0 unspecified atom stereocenters. The lowest BCUT2D eigenvalue weighted by molar-refractivity contribution is -0.759. The first-order chi connectivity index (χ1) is 14.0. The second-order valence-corrected chi connectivity index (χ2v) is 8.48. The van der Waals surface area contributed by atoms with E-state index in [1.807, 2.05) is 24.3 Å². The molecular formula is C20H20BrN4O3S+. The number of para-hydroxylation sites is 1. The van der Waals surface area contributed by atoms with E-state index in [2.05, 4.69) is 33.2 Å². The van der Waals surface area contributed by atoms with Gasteiger partial charge in [-0.1, -0.05) is 30.8 Å². The number of ether oxygens (including phenoxy) is 1. The smallest absolute Gasteiger partial charge is 0.325 e. The Morgan fingerprint density at radius 3 is 2.90 bits per heavy atom. The van der Waals surface area contributed by atoms with E-state index in [1.54, 1.807) is 16.8 Å². The summed E-state index contributed by atoms with van der Waals surface area (Å²) < 4.78 is 7.51. The van der Waals surface area contributed by atoms with Crippen LogP contribution in [0, 0.1) is 0 Å². The van der Waals surface area contributed by atoms with Gasteiger partial charge in [-0.15, -0.1) is 0 Å². The van der Waals surface area contributed by atoms with Crippen LogP contribution in [0.1, 0.15) is 25.1 Å². The van der Waals surface area contributed by atoms with E-state index in [0.717, 1.165) is 29.0 Å². The predicted molar refractivity (Wildman–Crippen MR) is 116 cm³/mol. The zero-order valence-electron chi connectivity index (χ0n) is 15.9. The molecule has 3 N–H and O–H groups in total. The maximum absolute atomic E-state index is 13.0. The number of aromatic nitrogens is 3. The number of methoxy groups -OCH3 is 1. The van der Waals surface area contributed by atoms with Gasteiger partial charge in [-0.2, -0.15) is 0 Å². The second kappa shape index (κ2) is 8.08. The third kappa shape index (κ3) is 3.60. The first-order valence-corrected chi connectivity index (χ1v) is 10.9. The molecule has 3 aromatic rings. The lowest BCUT2D eigenvalue weighted by Gasteiger charge is -2.23. The van der Waals surface area contributed by atoms with Crippen LogP contribution in [0.5, 0.6) is 11.5 Å². The maximum Gasteiger partial charge on any atom is 0.325 e. The van der Waals surface area contributed by atoms with Crippen LogP contribution in [0.15, 0.2) is 50.8 Å². The van der Waals surface area contributed by atoms with Crippen molar-refractivity contribution in [2.45, 2.75) is 24.7 Å². The number of nitrogens with zero attached hydrogens (tertiary/aromatic N) is 2. The Hall–Kier alpha value is -2.52. The minimum atomic E-state index is -0.450. The summed E-state index contributed by atoms with van der Waals surface area (Å²) in [5.41, 5.74) is 2.70. The molecule has 2 aromatic carbocycles. The monoisotopic (exact) mass is 475 g/mol. The Labute approximate surface area is 180 Å². The van der Waals surface area contributed by atoms with Gasteiger partial charge in [0.15, 0.2) is 11.5 Å². The van der Waals surface area contributed by atoms with Gasteiger partial charge < -0.3 is 15.2 Å².